The Balaban J connectivity index is 1.70. The molecule has 4 aliphatic rings. The summed E-state index contributed by atoms with van der Waals surface area (Å²) in [6.07, 6.45) is 3.84. The quantitative estimate of drug-likeness (QED) is 0.539. The maximum absolute atomic E-state index is 14.0. The van der Waals surface area contributed by atoms with Gasteiger partial charge < -0.3 is 24.4 Å². The van der Waals surface area contributed by atoms with Gasteiger partial charge in [0, 0.05) is 42.9 Å². The number of allylic oxidation sites excluding steroid dienone is 1. The Morgan fingerprint density at radius 3 is 2.39 bits per heavy atom. The van der Waals surface area contributed by atoms with Gasteiger partial charge >= 0.3 is 12.2 Å². The summed E-state index contributed by atoms with van der Waals surface area (Å²) in [5.41, 5.74) is -1.69. The summed E-state index contributed by atoms with van der Waals surface area (Å²) in [6.45, 7) is 15.3. The van der Waals surface area contributed by atoms with Crippen molar-refractivity contribution < 1.29 is 29.0 Å². The van der Waals surface area contributed by atoms with Crippen molar-refractivity contribution in [1.82, 2.24) is 9.80 Å². The van der Waals surface area contributed by atoms with Gasteiger partial charge in [-0.1, -0.05) is 6.08 Å². The van der Waals surface area contributed by atoms with Crippen LogP contribution in [-0.4, -0.2) is 75.9 Å². The molecule has 0 aromatic rings. The standard InChI is InChI=1S/C28H44N2O6/c1-9-10-12-28-17-14-16-15-19(28)30(25(34)36-27(5,6)7)18(21(28)23(32)20(17)22(16)31)11-13-29(8)24(33)35-26(2,3)4/h9,16-22,31H,1,10-15H2,2-8H3/t16-,17-,18?,19-,20?,21?,22-,28?/m0/s1. The molecule has 0 spiro atoms. The van der Waals surface area contributed by atoms with Crippen molar-refractivity contribution in [3.63, 3.8) is 0 Å². The second-order valence-electron chi connectivity index (χ2n) is 13.3. The SMILES string of the molecule is C=CCCC12C3C(=O)C4[C@@H](O)[C@H](C[C@@H]1N(C(=O)OC(C)(C)C)C3CCN(C)C(=O)OC(C)(C)C)C[C@@H]42. The molecule has 0 aromatic carbocycles. The number of carbonyl (C=O) groups excluding carboxylic acids is 3. The van der Waals surface area contributed by atoms with Gasteiger partial charge in [-0.05, 0) is 85.5 Å². The van der Waals surface area contributed by atoms with E-state index in [1.807, 2.05) is 52.5 Å². The van der Waals surface area contributed by atoms with Crippen LogP contribution in [-0.2, 0) is 14.3 Å². The predicted molar refractivity (Wildman–Crippen MR) is 135 cm³/mol. The van der Waals surface area contributed by atoms with Gasteiger partial charge in [0.1, 0.15) is 17.0 Å². The maximum atomic E-state index is 14.0. The van der Waals surface area contributed by atoms with Crippen LogP contribution in [0.5, 0.6) is 0 Å². The normalized spacial score (nSPS) is 36.7. The summed E-state index contributed by atoms with van der Waals surface area (Å²) in [7, 11) is 1.68. The van der Waals surface area contributed by atoms with E-state index in [0.29, 0.717) is 19.4 Å². The molecule has 1 N–H and O–H groups in total. The van der Waals surface area contributed by atoms with E-state index in [4.69, 9.17) is 9.47 Å². The number of hydrogen-bond acceptors (Lipinski definition) is 6. The van der Waals surface area contributed by atoms with E-state index in [1.54, 1.807) is 7.05 Å². The summed E-state index contributed by atoms with van der Waals surface area (Å²) in [5.74, 6) is -0.582. The van der Waals surface area contributed by atoms with Crippen molar-refractivity contribution in [3.05, 3.63) is 12.7 Å². The van der Waals surface area contributed by atoms with E-state index >= 15 is 0 Å². The van der Waals surface area contributed by atoms with Crippen LogP contribution in [0.3, 0.4) is 0 Å². The molecule has 2 amide bonds. The first-order valence-corrected chi connectivity index (χ1v) is 13.4. The molecule has 0 aromatic heterocycles. The zero-order chi connectivity index (χ0) is 26.8. The molecule has 3 aliphatic carbocycles. The van der Waals surface area contributed by atoms with E-state index in [2.05, 4.69) is 6.58 Å². The largest absolute Gasteiger partial charge is 0.444 e. The number of aliphatic hydroxyl groups is 1. The van der Waals surface area contributed by atoms with Gasteiger partial charge in [0.2, 0.25) is 0 Å². The summed E-state index contributed by atoms with van der Waals surface area (Å²) >= 11 is 0. The summed E-state index contributed by atoms with van der Waals surface area (Å²) in [5, 5.41) is 11.1. The van der Waals surface area contributed by atoms with E-state index in [1.165, 1.54) is 4.90 Å². The number of rotatable bonds is 6. The maximum Gasteiger partial charge on any atom is 0.410 e. The number of carbonyl (C=O) groups is 3. The van der Waals surface area contributed by atoms with E-state index in [9.17, 15) is 19.5 Å². The smallest absolute Gasteiger partial charge is 0.410 e. The first-order valence-electron chi connectivity index (χ1n) is 13.4. The fraction of sp³-hybridized carbons (Fsp3) is 0.821. The van der Waals surface area contributed by atoms with Gasteiger partial charge in [-0.3, -0.25) is 4.79 Å². The lowest BCUT2D eigenvalue weighted by Crippen LogP contribution is -2.51. The highest BCUT2D eigenvalue weighted by molar-refractivity contribution is 5.91. The Morgan fingerprint density at radius 2 is 1.81 bits per heavy atom. The van der Waals surface area contributed by atoms with Gasteiger partial charge in [-0.2, -0.15) is 0 Å². The van der Waals surface area contributed by atoms with Crippen LogP contribution in [0, 0.1) is 29.1 Å². The molecule has 8 atom stereocenters. The zero-order valence-corrected chi connectivity index (χ0v) is 23.0. The molecule has 3 saturated carbocycles. The number of fused-ring (bicyclic) bond motifs is 1. The molecule has 2 bridgehead atoms. The van der Waals surface area contributed by atoms with Crippen molar-refractivity contribution in [1.29, 1.82) is 0 Å². The Kier molecular flexibility index (Phi) is 6.76. The van der Waals surface area contributed by atoms with Crippen molar-refractivity contribution in [2.24, 2.45) is 29.1 Å². The fourth-order valence-electron chi connectivity index (χ4n) is 7.77. The van der Waals surface area contributed by atoms with Crippen LogP contribution in [0.15, 0.2) is 12.7 Å². The minimum atomic E-state index is -0.680. The van der Waals surface area contributed by atoms with Crippen LogP contribution in [0.2, 0.25) is 0 Å². The van der Waals surface area contributed by atoms with Crippen LogP contribution >= 0.6 is 0 Å². The Hall–Kier alpha value is -2.09. The minimum absolute atomic E-state index is 0.0138. The zero-order valence-electron chi connectivity index (χ0n) is 23.0. The summed E-state index contributed by atoms with van der Waals surface area (Å²) in [6, 6.07) is -0.576. The minimum Gasteiger partial charge on any atom is -0.444 e. The Morgan fingerprint density at radius 1 is 1.17 bits per heavy atom. The van der Waals surface area contributed by atoms with E-state index < -0.39 is 40.9 Å². The highest BCUT2D eigenvalue weighted by atomic mass is 16.6. The Labute approximate surface area is 215 Å². The lowest BCUT2D eigenvalue weighted by atomic mass is 9.60. The third-order valence-corrected chi connectivity index (χ3v) is 8.82. The van der Waals surface area contributed by atoms with Gasteiger partial charge in [-0.25, -0.2) is 9.59 Å². The first-order chi connectivity index (χ1) is 16.6. The summed E-state index contributed by atoms with van der Waals surface area (Å²) in [4.78, 5) is 43.6. The average Bonchev–Trinajstić information content (AvgIpc) is 3.29. The number of nitrogens with zero attached hydrogens (tertiary/aromatic N) is 2. The Bertz CT molecular complexity index is 920. The topological polar surface area (TPSA) is 96.4 Å². The number of hydrogen-bond donors (Lipinski definition) is 1. The fourth-order valence-corrected chi connectivity index (χ4v) is 7.77. The van der Waals surface area contributed by atoms with Gasteiger partial charge in [0.15, 0.2) is 0 Å². The van der Waals surface area contributed by atoms with Crippen LogP contribution in [0.1, 0.15) is 73.6 Å². The molecule has 4 unspecified atom stereocenters. The van der Waals surface area contributed by atoms with Crippen LogP contribution < -0.4 is 0 Å². The van der Waals surface area contributed by atoms with Gasteiger partial charge in [0.25, 0.3) is 0 Å². The molecule has 4 fully saturated rings. The molecular formula is C28H44N2O6. The molecule has 1 heterocycles. The third kappa shape index (κ3) is 4.33. The third-order valence-electron chi connectivity index (χ3n) is 8.82. The van der Waals surface area contributed by atoms with Crippen LogP contribution in [0.4, 0.5) is 9.59 Å². The molecule has 202 valence electrons. The monoisotopic (exact) mass is 504 g/mol. The predicted octanol–water partition coefficient (Wildman–Crippen LogP) is 4.40. The van der Waals surface area contributed by atoms with Crippen molar-refractivity contribution >= 4 is 18.0 Å². The number of ketones is 1. The van der Waals surface area contributed by atoms with Crippen molar-refractivity contribution in [3.8, 4) is 0 Å². The molecule has 8 nitrogen and oxygen atoms in total. The number of Topliss-reactive ketones (excluding diaryl/α,β-unsaturated/α-hetero) is 1. The molecule has 4 rings (SSSR count). The number of aliphatic hydroxyl groups excluding tert-OH is 1. The van der Waals surface area contributed by atoms with Gasteiger partial charge in [0.05, 0.1) is 6.10 Å². The molecule has 36 heavy (non-hydrogen) atoms. The molecular weight excluding hydrogens is 460 g/mol. The lowest BCUT2D eigenvalue weighted by molar-refractivity contribution is -0.129. The highest BCUT2D eigenvalue weighted by Gasteiger charge is 2.77. The molecule has 1 saturated heterocycles. The second-order valence-corrected chi connectivity index (χ2v) is 13.3. The molecule has 1 aliphatic heterocycles. The van der Waals surface area contributed by atoms with Crippen molar-refractivity contribution in [2.45, 2.75) is 103 Å². The second kappa shape index (κ2) is 9.03. The van der Waals surface area contributed by atoms with E-state index in [-0.39, 0.29) is 35.5 Å². The highest BCUT2D eigenvalue weighted by Crippen LogP contribution is 2.71. The number of ether oxygens (including phenoxy) is 2. The van der Waals surface area contributed by atoms with E-state index in [0.717, 1.165) is 19.3 Å². The average molecular weight is 505 g/mol. The summed E-state index contributed by atoms with van der Waals surface area (Å²) < 4.78 is 11.4. The van der Waals surface area contributed by atoms with Crippen molar-refractivity contribution in [2.75, 3.05) is 13.6 Å². The number of amides is 2. The van der Waals surface area contributed by atoms with Crippen LogP contribution in [0.25, 0.3) is 0 Å². The first kappa shape index (κ1) is 27.0. The molecule has 8 heteroatoms. The lowest BCUT2D eigenvalue weighted by Gasteiger charge is -2.45. The van der Waals surface area contributed by atoms with Gasteiger partial charge in [-0.15, -0.1) is 6.58 Å². The molecule has 0 radical (unpaired) electrons. The number of likely N-dealkylation sites (tertiary alicyclic amines) is 1.